The Hall–Kier alpha value is -3.72. The van der Waals surface area contributed by atoms with Crippen LogP contribution in [0.15, 0.2) is 42.5 Å². The van der Waals surface area contributed by atoms with E-state index < -0.39 is 0 Å². The summed E-state index contributed by atoms with van der Waals surface area (Å²) < 4.78 is 2.00. The minimum atomic E-state index is -0.351. The second kappa shape index (κ2) is 9.87. The number of piperazine rings is 1. The van der Waals surface area contributed by atoms with Gasteiger partial charge in [0, 0.05) is 49.9 Å². The molecule has 5 rings (SSSR count). The van der Waals surface area contributed by atoms with E-state index >= 15 is 0 Å². The van der Waals surface area contributed by atoms with Crippen LogP contribution < -0.4 is 16.0 Å². The average molecular weight is 475 g/mol. The summed E-state index contributed by atoms with van der Waals surface area (Å²) in [5.74, 6) is -0.151. The summed E-state index contributed by atoms with van der Waals surface area (Å²) in [5, 5.41) is 9.17. The fraction of sp³-hybridized carbons (Fsp3) is 0.385. The van der Waals surface area contributed by atoms with Crippen LogP contribution in [-0.2, 0) is 0 Å². The lowest BCUT2D eigenvalue weighted by molar-refractivity contribution is 0.0737. The SMILES string of the molecule is CC1CCCCNC(=O)c2cccc(c2)C(=O)Nc2nc3cccc(C(=O)N4CCNCC4)c3n21. The number of aromatic nitrogens is 2. The van der Waals surface area contributed by atoms with Gasteiger partial charge in [0.25, 0.3) is 17.7 Å². The summed E-state index contributed by atoms with van der Waals surface area (Å²) in [4.78, 5) is 45.8. The predicted octanol–water partition coefficient (Wildman–Crippen LogP) is 2.81. The van der Waals surface area contributed by atoms with Gasteiger partial charge in [-0.1, -0.05) is 12.1 Å². The first-order valence-corrected chi connectivity index (χ1v) is 12.2. The Morgan fingerprint density at radius 1 is 0.971 bits per heavy atom. The summed E-state index contributed by atoms with van der Waals surface area (Å²) >= 11 is 0. The van der Waals surface area contributed by atoms with E-state index in [1.807, 2.05) is 27.7 Å². The molecule has 0 spiro atoms. The minimum Gasteiger partial charge on any atom is -0.352 e. The van der Waals surface area contributed by atoms with Gasteiger partial charge in [0.15, 0.2) is 0 Å². The van der Waals surface area contributed by atoms with Crippen LogP contribution in [-0.4, -0.2) is 64.9 Å². The molecule has 1 aromatic heterocycles. The first kappa shape index (κ1) is 23.0. The van der Waals surface area contributed by atoms with Gasteiger partial charge in [0.2, 0.25) is 5.95 Å². The molecule has 2 aliphatic rings. The van der Waals surface area contributed by atoms with Gasteiger partial charge in [-0.25, -0.2) is 4.98 Å². The number of hydrogen-bond donors (Lipinski definition) is 3. The second-order valence-electron chi connectivity index (χ2n) is 9.16. The molecule has 3 N–H and O–H groups in total. The van der Waals surface area contributed by atoms with E-state index in [4.69, 9.17) is 4.98 Å². The molecule has 0 aliphatic carbocycles. The van der Waals surface area contributed by atoms with Gasteiger partial charge in [-0.2, -0.15) is 0 Å². The molecule has 1 saturated heterocycles. The Morgan fingerprint density at radius 3 is 2.51 bits per heavy atom. The third-order valence-electron chi connectivity index (χ3n) is 6.73. The van der Waals surface area contributed by atoms with Crippen LogP contribution in [0.2, 0.25) is 0 Å². The molecular formula is C26H30N6O3. The molecule has 35 heavy (non-hydrogen) atoms. The van der Waals surface area contributed by atoms with Gasteiger partial charge in [-0.3, -0.25) is 19.7 Å². The van der Waals surface area contributed by atoms with Crippen LogP contribution in [0, 0.1) is 0 Å². The highest BCUT2D eigenvalue weighted by Gasteiger charge is 2.26. The van der Waals surface area contributed by atoms with E-state index in [-0.39, 0.29) is 23.8 Å². The summed E-state index contributed by atoms with van der Waals surface area (Å²) in [6, 6.07) is 12.2. The molecule has 9 heteroatoms. The van der Waals surface area contributed by atoms with E-state index in [1.54, 1.807) is 24.3 Å². The van der Waals surface area contributed by atoms with Gasteiger partial charge in [-0.05, 0) is 56.5 Å². The monoisotopic (exact) mass is 474 g/mol. The zero-order chi connectivity index (χ0) is 24.4. The molecule has 2 aromatic carbocycles. The normalized spacial score (nSPS) is 19.5. The fourth-order valence-electron chi connectivity index (χ4n) is 4.85. The maximum atomic E-state index is 13.5. The van der Waals surface area contributed by atoms with E-state index in [2.05, 4.69) is 22.9 Å². The van der Waals surface area contributed by atoms with Crippen molar-refractivity contribution in [2.24, 2.45) is 0 Å². The second-order valence-corrected chi connectivity index (χ2v) is 9.16. The molecule has 1 atom stereocenters. The summed E-state index contributed by atoms with van der Waals surface area (Å²) in [6.07, 6.45) is 2.52. The lowest BCUT2D eigenvalue weighted by Gasteiger charge is -2.28. The third-order valence-corrected chi connectivity index (χ3v) is 6.73. The largest absolute Gasteiger partial charge is 0.352 e. The number of nitrogens with one attached hydrogen (secondary N) is 3. The predicted molar refractivity (Wildman–Crippen MR) is 134 cm³/mol. The standard InChI is InChI=1S/C26H30N6O3/c1-17-6-2-3-11-28-23(33)18-7-4-8-19(16-18)24(34)30-26-29-21-10-5-9-20(22(21)32(17)26)25(35)31-14-12-27-13-15-31/h4-5,7-10,16-17,27H,2-3,6,11-15H2,1H3,(H,28,33)(H,29,30,34). The zero-order valence-electron chi connectivity index (χ0n) is 19.8. The van der Waals surface area contributed by atoms with Crippen LogP contribution in [0.4, 0.5) is 5.95 Å². The topological polar surface area (TPSA) is 108 Å². The number of hydrogen-bond acceptors (Lipinski definition) is 5. The Kier molecular flexibility index (Phi) is 6.50. The van der Waals surface area contributed by atoms with E-state index in [0.29, 0.717) is 47.8 Å². The molecule has 3 aromatic rings. The van der Waals surface area contributed by atoms with Crippen molar-refractivity contribution >= 4 is 34.7 Å². The van der Waals surface area contributed by atoms with Gasteiger partial charge in [0.05, 0.1) is 16.6 Å². The first-order chi connectivity index (χ1) is 17.0. The number of para-hydroxylation sites is 1. The Morgan fingerprint density at radius 2 is 1.71 bits per heavy atom. The Bertz CT molecular complexity index is 1280. The lowest BCUT2D eigenvalue weighted by atomic mass is 10.1. The van der Waals surface area contributed by atoms with Gasteiger partial charge < -0.3 is 20.1 Å². The molecule has 3 amide bonds. The van der Waals surface area contributed by atoms with Crippen molar-refractivity contribution in [2.75, 3.05) is 38.0 Å². The number of rotatable bonds is 1. The lowest BCUT2D eigenvalue weighted by Crippen LogP contribution is -2.46. The number of benzene rings is 2. The summed E-state index contributed by atoms with van der Waals surface area (Å²) in [6.45, 7) is 5.50. The number of fused-ring (bicyclic) bond motifs is 5. The van der Waals surface area contributed by atoms with Crippen molar-refractivity contribution in [3.05, 3.63) is 59.2 Å². The fourth-order valence-corrected chi connectivity index (χ4v) is 4.85. The number of nitrogens with zero attached hydrogens (tertiary/aromatic N) is 3. The molecule has 182 valence electrons. The third kappa shape index (κ3) is 4.64. The van der Waals surface area contributed by atoms with Crippen molar-refractivity contribution < 1.29 is 14.4 Å². The minimum absolute atomic E-state index is 0.0164. The van der Waals surface area contributed by atoms with Crippen molar-refractivity contribution in [2.45, 2.75) is 32.2 Å². The summed E-state index contributed by atoms with van der Waals surface area (Å²) in [5.41, 5.74) is 2.83. The van der Waals surface area contributed by atoms with E-state index in [9.17, 15) is 14.4 Å². The highest BCUT2D eigenvalue weighted by atomic mass is 16.2. The quantitative estimate of drug-likeness (QED) is 0.503. The Balaban J connectivity index is 1.60. The van der Waals surface area contributed by atoms with E-state index in [1.165, 1.54) is 0 Å². The molecule has 2 bridgehead atoms. The van der Waals surface area contributed by atoms with Crippen LogP contribution in [0.25, 0.3) is 11.0 Å². The highest BCUT2D eigenvalue weighted by Crippen LogP contribution is 2.31. The first-order valence-electron chi connectivity index (χ1n) is 12.2. The molecule has 0 radical (unpaired) electrons. The Labute approximate surface area is 203 Å². The zero-order valence-corrected chi connectivity index (χ0v) is 19.8. The molecular weight excluding hydrogens is 444 g/mol. The van der Waals surface area contributed by atoms with Crippen LogP contribution >= 0.6 is 0 Å². The van der Waals surface area contributed by atoms with Crippen molar-refractivity contribution in [1.82, 2.24) is 25.1 Å². The average Bonchev–Trinajstić information content (AvgIpc) is 3.26. The molecule has 1 fully saturated rings. The number of carbonyl (C=O) groups is 3. The highest BCUT2D eigenvalue weighted by molar-refractivity contribution is 6.08. The van der Waals surface area contributed by atoms with E-state index in [0.717, 1.165) is 37.9 Å². The molecule has 2 aliphatic heterocycles. The number of amides is 3. The van der Waals surface area contributed by atoms with Gasteiger partial charge in [-0.15, -0.1) is 0 Å². The molecule has 3 heterocycles. The smallest absolute Gasteiger partial charge is 0.257 e. The van der Waals surface area contributed by atoms with Crippen molar-refractivity contribution in [3.8, 4) is 0 Å². The molecule has 0 saturated carbocycles. The van der Waals surface area contributed by atoms with Gasteiger partial charge >= 0.3 is 0 Å². The van der Waals surface area contributed by atoms with Gasteiger partial charge in [0.1, 0.15) is 0 Å². The van der Waals surface area contributed by atoms with Crippen LogP contribution in [0.1, 0.15) is 63.3 Å². The van der Waals surface area contributed by atoms with Crippen LogP contribution in [0.5, 0.6) is 0 Å². The maximum Gasteiger partial charge on any atom is 0.257 e. The van der Waals surface area contributed by atoms with Crippen molar-refractivity contribution in [1.29, 1.82) is 0 Å². The maximum absolute atomic E-state index is 13.5. The van der Waals surface area contributed by atoms with Crippen LogP contribution in [0.3, 0.4) is 0 Å². The van der Waals surface area contributed by atoms with Crippen molar-refractivity contribution in [3.63, 3.8) is 0 Å². The number of carbonyl (C=O) groups excluding carboxylic acids is 3. The number of anilines is 1. The number of imidazole rings is 1. The molecule has 1 unspecified atom stereocenters. The molecule has 9 nitrogen and oxygen atoms in total. The summed E-state index contributed by atoms with van der Waals surface area (Å²) in [7, 11) is 0.